The van der Waals surface area contributed by atoms with E-state index < -0.39 is 14.8 Å². The van der Waals surface area contributed by atoms with Gasteiger partial charge in [0.25, 0.3) is 17.1 Å². The fraction of sp³-hybridized carbons (Fsp3) is 0.442. The van der Waals surface area contributed by atoms with E-state index in [1.54, 1.807) is 54.6 Å². The minimum absolute atomic E-state index is 0. The van der Waals surface area contributed by atoms with Crippen LogP contribution in [0.15, 0.2) is 91.0 Å². The molecule has 3 atom stereocenters. The van der Waals surface area contributed by atoms with Crippen LogP contribution in [0.3, 0.4) is 0 Å². The Morgan fingerprint density at radius 1 is 0.600 bits per heavy atom. The van der Waals surface area contributed by atoms with Crippen molar-refractivity contribution >= 4 is 29.2 Å². The van der Waals surface area contributed by atoms with E-state index in [1.165, 1.54) is 50.6 Å². The second-order valence-electron chi connectivity index (χ2n) is 11.0. The van der Waals surface area contributed by atoms with Crippen molar-refractivity contribution in [2.45, 2.75) is 74.5 Å². The number of nitrogens with one attached hydrogen (secondary N) is 3. The van der Waals surface area contributed by atoms with Crippen LogP contribution in [0.1, 0.15) is 57.8 Å². The number of nitrogens with two attached hydrogens (primary N) is 1. The number of hydrogen-bond acceptors (Lipinski definition) is 12. The average Bonchev–Trinajstić information content (AvgIpc) is 4.00. The fourth-order valence-corrected chi connectivity index (χ4v) is 4.19. The summed E-state index contributed by atoms with van der Waals surface area (Å²) in [5.74, 6) is 0. The Kier molecular flexibility index (Phi) is 85.0. The van der Waals surface area contributed by atoms with Crippen LogP contribution in [0.5, 0.6) is 0 Å². The van der Waals surface area contributed by atoms with Gasteiger partial charge in [0.15, 0.2) is 0 Å². The number of non-ortho nitro benzene ring substituents is 3. The molecule has 19 nitrogen and oxygen atoms in total. The van der Waals surface area contributed by atoms with Gasteiger partial charge in [0.2, 0.25) is 0 Å². The Balaban J connectivity index is -0.0000000448. The van der Waals surface area contributed by atoms with E-state index >= 15 is 0 Å². The number of alkyl carbamates (subject to hydrolysis) is 2. The molecule has 3 radical (unpaired) electrons. The number of carbonyl (C=O) groups is 2. The van der Waals surface area contributed by atoms with E-state index in [-0.39, 0.29) is 208 Å². The van der Waals surface area contributed by atoms with Gasteiger partial charge in [-0.3, -0.25) is 30.3 Å². The van der Waals surface area contributed by atoms with Gasteiger partial charge in [-0.05, 0) is 19.0 Å². The molecule has 0 aliphatic carbocycles. The van der Waals surface area contributed by atoms with Crippen LogP contribution in [-0.2, 0) is 108 Å². The van der Waals surface area contributed by atoms with Crippen LogP contribution < -0.4 is 21.7 Å². The molecule has 3 saturated heterocycles. The van der Waals surface area contributed by atoms with E-state index in [1.807, 2.05) is 0 Å². The molecule has 5 N–H and O–H groups in total. The molecular formula is C43H80N9O10Y3-5. The quantitative estimate of drug-likeness (QED) is 0.106. The van der Waals surface area contributed by atoms with Crippen molar-refractivity contribution in [1.82, 2.24) is 16.0 Å². The fourth-order valence-electron chi connectivity index (χ4n) is 4.19. The van der Waals surface area contributed by atoms with Gasteiger partial charge in [0.05, 0.1) is 29.0 Å². The first-order chi connectivity index (χ1) is 25.5. The second kappa shape index (κ2) is 59.6. The summed E-state index contributed by atoms with van der Waals surface area (Å²) < 4.78 is 8.85. The molecule has 65 heavy (non-hydrogen) atoms. The molecule has 0 spiro atoms. The Morgan fingerprint density at radius 3 is 1.12 bits per heavy atom. The molecule has 3 aromatic carbocycles. The second-order valence-corrected chi connectivity index (χ2v) is 11.0. The number of carbonyl (C=O) groups excluding carboxylic acids is 2. The molecule has 22 heteroatoms. The Labute approximate surface area is 469 Å². The molecule has 3 heterocycles. The number of nitro groups is 3. The normalized spacial score (nSPS) is 14.4. The standard InChI is InChI=1S/C6H12N2O2.C6H11N2O2.3C6H5NO2.C4H9N2.5CH4.4CH3.3Y/c2*1-10-6(9)8-5-2-3-7-4-5;3*8-7(9)6-4-2-1-3-5-6;5-4-1-2-6-3-4;;;;;;;;;;;;/h5,7H,2-4H2,1H3,(H,8,9);5H,2-4H2,1H3,(H,8,9);3*1-5H;4H,1-3,5H2;5*1H4;4*1H3;;;/q;-1;;;;-1;;;;;;4*-1;;;/p+1. The van der Waals surface area contributed by atoms with Gasteiger partial charge in [-0.25, -0.2) is 9.59 Å². The van der Waals surface area contributed by atoms with Crippen LogP contribution >= 0.6 is 0 Å². The molecule has 0 aromatic heterocycles. The summed E-state index contributed by atoms with van der Waals surface area (Å²) in [7, 11) is 2.74. The zero-order valence-electron chi connectivity index (χ0n) is 36.4. The van der Waals surface area contributed by atoms with Gasteiger partial charge in [-0.1, -0.05) is 105 Å². The van der Waals surface area contributed by atoms with Crippen molar-refractivity contribution in [1.29, 1.82) is 0 Å². The third-order valence-electron chi connectivity index (χ3n) is 6.98. The molecular weight excluding hydrogens is 1070 g/mol. The topological polar surface area (TPSA) is 272 Å². The van der Waals surface area contributed by atoms with Crippen molar-refractivity contribution in [2.75, 3.05) is 53.5 Å². The summed E-state index contributed by atoms with van der Waals surface area (Å²) in [5.41, 5.74) is 5.85. The van der Waals surface area contributed by atoms with Crippen molar-refractivity contribution in [3.63, 3.8) is 0 Å². The van der Waals surface area contributed by atoms with Crippen LogP contribution in [0.2, 0.25) is 0 Å². The van der Waals surface area contributed by atoms with Gasteiger partial charge < -0.3 is 71.5 Å². The zero-order chi connectivity index (χ0) is 39.3. The van der Waals surface area contributed by atoms with E-state index in [0.29, 0.717) is 6.04 Å². The monoisotopic (exact) mass is 1150 g/mol. The maximum absolute atomic E-state index is 10.6. The Morgan fingerprint density at radius 2 is 0.923 bits per heavy atom. The molecule has 3 aliphatic rings. The van der Waals surface area contributed by atoms with Crippen molar-refractivity contribution in [3.8, 4) is 0 Å². The van der Waals surface area contributed by atoms with Gasteiger partial charge in [0.1, 0.15) is 0 Å². The average molecular weight is 1150 g/mol. The van der Waals surface area contributed by atoms with Crippen LogP contribution in [-0.4, -0.2) is 98.6 Å². The minimum Gasteiger partial charge on any atom is -0.661 e. The van der Waals surface area contributed by atoms with Crippen LogP contribution in [0.25, 0.3) is 10.6 Å². The van der Waals surface area contributed by atoms with E-state index in [9.17, 15) is 39.9 Å². The smallest absolute Gasteiger partial charge is 0.661 e. The molecule has 2 amide bonds. The largest absolute Gasteiger partial charge is 1.00 e. The summed E-state index contributed by atoms with van der Waals surface area (Å²) in [6.45, 7) is 5.30. The number of para-hydroxylation sites is 3. The SMILES string of the molecule is C.C.C.C.C.COC(=O)NC1CCNC1.COC(=O)NC1CC[N-]C1.NC1CC[N-]C1.O=[N+]([O-])c1ccccc1.O=[N+]([O-])c1ccccc1.O=[N+]([O-])c1ccccc1.[CH3-].[CH3-].[CH3-].[CH3-].[H+].[Y].[Y].[Y]. The molecule has 6 rings (SSSR count). The maximum Gasteiger partial charge on any atom is 1.00 e. The third kappa shape index (κ3) is 49.3. The van der Waals surface area contributed by atoms with E-state index in [0.717, 1.165) is 58.5 Å². The number of nitrogens with zero attached hydrogens (tertiary/aromatic N) is 5. The number of ether oxygens (including phenoxy) is 2. The Hall–Kier alpha value is -2.45. The maximum atomic E-state index is 10.6. The number of methoxy groups -OCH3 is 2. The third-order valence-corrected chi connectivity index (χ3v) is 6.98. The Bertz CT molecular complexity index is 1340. The predicted molar refractivity (Wildman–Crippen MR) is 259 cm³/mol. The summed E-state index contributed by atoms with van der Waals surface area (Å²) in [6.07, 6.45) is 2.33. The zero-order valence-corrected chi connectivity index (χ0v) is 43.9. The summed E-state index contributed by atoms with van der Waals surface area (Å²) in [6, 6.07) is 24.6. The summed E-state index contributed by atoms with van der Waals surface area (Å²) in [5, 5.41) is 46.7. The first-order valence-corrected chi connectivity index (χ1v) is 16.5. The number of amides is 2. The number of hydrogen-bond donors (Lipinski definition) is 4. The molecule has 3 aromatic rings. The van der Waals surface area contributed by atoms with E-state index in [4.69, 9.17) is 5.73 Å². The van der Waals surface area contributed by atoms with Crippen LogP contribution in [0, 0.1) is 60.0 Å². The van der Waals surface area contributed by atoms with Gasteiger partial charge in [0, 0.05) is 153 Å². The van der Waals surface area contributed by atoms with Crippen molar-refractivity contribution in [3.05, 3.63) is 162 Å². The first-order valence-electron chi connectivity index (χ1n) is 16.5. The summed E-state index contributed by atoms with van der Waals surface area (Å²) >= 11 is 0. The minimum atomic E-state index is -0.417. The number of nitro benzene ring substituents is 3. The first kappa shape index (κ1) is 92.7. The molecule has 0 saturated carbocycles. The van der Waals surface area contributed by atoms with Crippen molar-refractivity contribution in [2.24, 2.45) is 5.73 Å². The van der Waals surface area contributed by atoms with Crippen molar-refractivity contribution < 1.29 is 133 Å². The molecule has 3 unspecified atom stereocenters. The van der Waals surface area contributed by atoms with Gasteiger partial charge >= 0.3 is 13.6 Å². The number of rotatable bonds is 5. The van der Waals surface area contributed by atoms with Gasteiger partial charge in [-0.15, -0.1) is 26.2 Å². The summed E-state index contributed by atoms with van der Waals surface area (Å²) in [4.78, 5) is 50.0. The molecule has 3 aliphatic heterocycles. The van der Waals surface area contributed by atoms with E-state index in [2.05, 4.69) is 36.1 Å². The molecule has 3 fully saturated rings. The predicted octanol–water partition coefficient (Wildman–Crippen LogP) is 10.2. The molecule has 371 valence electrons. The molecule has 0 bridgehead atoms. The van der Waals surface area contributed by atoms with Crippen LogP contribution in [0.4, 0.5) is 26.7 Å². The van der Waals surface area contributed by atoms with Gasteiger partial charge in [-0.2, -0.15) is 0 Å². The number of benzene rings is 3.